The monoisotopic (exact) mass is 269 g/mol. The highest BCUT2D eigenvalue weighted by Gasteiger charge is 2.06. The minimum atomic E-state index is 0.698. The van der Waals surface area contributed by atoms with E-state index in [1.54, 1.807) is 11.3 Å². The van der Waals surface area contributed by atoms with Crippen molar-refractivity contribution in [1.29, 1.82) is 0 Å². The first kappa shape index (κ1) is 12.2. The number of benzene rings is 2. The lowest BCUT2D eigenvalue weighted by atomic mass is 10.1. The molecular weight excluding hydrogens is 254 g/mol. The van der Waals surface area contributed by atoms with Gasteiger partial charge in [0, 0.05) is 0 Å². The van der Waals surface area contributed by atoms with E-state index < -0.39 is 0 Å². The van der Waals surface area contributed by atoms with Gasteiger partial charge in [-0.05, 0) is 61.7 Å². The van der Waals surface area contributed by atoms with Crippen LogP contribution >= 0.6 is 11.3 Å². The number of rotatable bonds is 2. The SMILES string of the molecule is Cc1ccc2nc(Oc3ccc(C)c(C)c3)sc2c1. The number of fused-ring (bicyclic) bond motifs is 1. The van der Waals surface area contributed by atoms with Crippen LogP contribution in [0.1, 0.15) is 16.7 Å². The van der Waals surface area contributed by atoms with Crippen LogP contribution in [0.25, 0.3) is 10.2 Å². The predicted molar refractivity (Wildman–Crippen MR) is 80.3 cm³/mol. The smallest absolute Gasteiger partial charge is 0.279 e. The first-order valence-electron chi connectivity index (χ1n) is 6.24. The lowest BCUT2D eigenvalue weighted by Gasteiger charge is -2.04. The molecule has 3 aromatic rings. The van der Waals surface area contributed by atoms with Crippen LogP contribution in [-0.4, -0.2) is 4.98 Å². The van der Waals surface area contributed by atoms with E-state index in [-0.39, 0.29) is 0 Å². The Kier molecular flexibility index (Phi) is 2.99. The number of ether oxygens (including phenoxy) is 1. The summed E-state index contributed by atoms with van der Waals surface area (Å²) in [5.41, 5.74) is 4.74. The van der Waals surface area contributed by atoms with Gasteiger partial charge >= 0.3 is 0 Å². The second-order valence-corrected chi connectivity index (χ2v) is 5.79. The Morgan fingerprint density at radius 3 is 2.58 bits per heavy atom. The summed E-state index contributed by atoms with van der Waals surface area (Å²) in [5.74, 6) is 0.846. The van der Waals surface area contributed by atoms with E-state index in [2.05, 4.69) is 44.0 Å². The Bertz CT molecular complexity index is 746. The molecule has 2 aromatic carbocycles. The van der Waals surface area contributed by atoms with Gasteiger partial charge in [-0.1, -0.05) is 23.5 Å². The summed E-state index contributed by atoms with van der Waals surface area (Å²) in [4.78, 5) is 4.50. The highest BCUT2D eigenvalue weighted by atomic mass is 32.1. The maximum atomic E-state index is 5.85. The summed E-state index contributed by atoms with van der Waals surface area (Å²) < 4.78 is 7.01. The quantitative estimate of drug-likeness (QED) is 0.652. The highest BCUT2D eigenvalue weighted by molar-refractivity contribution is 7.20. The zero-order chi connectivity index (χ0) is 13.4. The number of aryl methyl sites for hydroxylation is 3. The summed E-state index contributed by atoms with van der Waals surface area (Å²) in [7, 11) is 0. The molecule has 0 aliphatic rings. The zero-order valence-corrected chi connectivity index (χ0v) is 12.0. The van der Waals surface area contributed by atoms with E-state index in [0.29, 0.717) is 5.19 Å². The third kappa shape index (κ3) is 2.47. The van der Waals surface area contributed by atoms with E-state index in [0.717, 1.165) is 11.3 Å². The van der Waals surface area contributed by atoms with Gasteiger partial charge in [-0.3, -0.25) is 0 Å². The second kappa shape index (κ2) is 4.67. The number of hydrogen-bond acceptors (Lipinski definition) is 3. The molecule has 0 N–H and O–H groups in total. The average molecular weight is 269 g/mol. The van der Waals surface area contributed by atoms with E-state index in [1.807, 2.05) is 18.2 Å². The number of thiazole rings is 1. The Labute approximate surface area is 116 Å². The Morgan fingerprint density at radius 2 is 1.79 bits per heavy atom. The molecule has 0 unspecified atom stereocenters. The molecule has 0 amide bonds. The molecule has 1 aromatic heterocycles. The Hall–Kier alpha value is -1.87. The van der Waals surface area contributed by atoms with Gasteiger partial charge in [-0.15, -0.1) is 0 Å². The van der Waals surface area contributed by atoms with Gasteiger partial charge in [-0.25, -0.2) is 4.98 Å². The van der Waals surface area contributed by atoms with Crippen LogP contribution < -0.4 is 4.74 Å². The fourth-order valence-corrected chi connectivity index (χ4v) is 2.87. The van der Waals surface area contributed by atoms with Crippen LogP contribution in [0.5, 0.6) is 10.9 Å². The largest absolute Gasteiger partial charge is 0.431 e. The molecule has 0 saturated heterocycles. The van der Waals surface area contributed by atoms with Crippen molar-refractivity contribution < 1.29 is 4.74 Å². The zero-order valence-electron chi connectivity index (χ0n) is 11.2. The van der Waals surface area contributed by atoms with Gasteiger partial charge in [0.15, 0.2) is 0 Å². The first-order valence-corrected chi connectivity index (χ1v) is 7.06. The summed E-state index contributed by atoms with van der Waals surface area (Å²) in [6, 6.07) is 12.4. The van der Waals surface area contributed by atoms with Crippen LogP contribution in [0.4, 0.5) is 0 Å². The molecule has 1 heterocycles. The van der Waals surface area contributed by atoms with Crippen molar-refractivity contribution in [2.75, 3.05) is 0 Å². The van der Waals surface area contributed by atoms with Gasteiger partial charge in [0.2, 0.25) is 0 Å². The molecule has 0 spiro atoms. The predicted octanol–water partition coefficient (Wildman–Crippen LogP) is 5.01. The van der Waals surface area contributed by atoms with Gasteiger partial charge in [0.25, 0.3) is 5.19 Å². The van der Waals surface area contributed by atoms with Crippen LogP contribution in [0, 0.1) is 20.8 Å². The summed E-state index contributed by atoms with van der Waals surface area (Å²) in [6.45, 7) is 6.27. The van der Waals surface area contributed by atoms with Crippen LogP contribution in [-0.2, 0) is 0 Å². The van der Waals surface area contributed by atoms with Crippen LogP contribution in [0.15, 0.2) is 36.4 Å². The normalized spacial score (nSPS) is 10.9. The molecule has 0 aliphatic carbocycles. The van der Waals surface area contributed by atoms with Crippen molar-refractivity contribution in [1.82, 2.24) is 4.98 Å². The highest BCUT2D eigenvalue weighted by Crippen LogP contribution is 2.32. The van der Waals surface area contributed by atoms with Gasteiger partial charge in [0.05, 0.1) is 10.2 Å². The van der Waals surface area contributed by atoms with Crippen LogP contribution in [0.3, 0.4) is 0 Å². The molecule has 0 radical (unpaired) electrons. The van der Waals surface area contributed by atoms with E-state index in [4.69, 9.17) is 4.74 Å². The molecule has 3 heteroatoms. The Balaban J connectivity index is 1.94. The van der Waals surface area contributed by atoms with Crippen molar-refractivity contribution >= 4 is 21.6 Å². The minimum absolute atomic E-state index is 0.698. The summed E-state index contributed by atoms with van der Waals surface area (Å²) >= 11 is 1.58. The van der Waals surface area contributed by atoms with Gasteiger partial charge < -0.3 is 4.74 Å². The number of hydrogen-bond donors (Lipinski definition) is 0. The molecule has 0 atom stereocenters. The van der Waals surface area contributed by atoms with Crippen molar-refractivity contribution in [2.45, 2.75) is 20.8 Å². The topological polar surface area (TPSA) is 22.1 Å². The second-order valence-electron chi connectivity index (χ2n) is 4.80. The Morgan fingerprint density at radius 1 is 0.947 bits per heavy atom. The summed E-state index contributed by atoms with van der Waals surface area (Å²) in [6.07, 6.45) is 0. The average Bonchev–Trinajstić information content (AvgIpc) is 2.75. The molecule has 0 aliphatic heterocycles. The maximum Gasteiger partial charge on any atom is 0.279 e. The summed E-state index contributed by atoms with van der Waals surface area (Å²) in [5, 5.41) is 0.698. The number of aromatic nitrogens is 1. The van der Waals surface area contributed by atoms with Crippen molar-refractivity contribution in [3.63, 3.8) is 0 Å². The van der Waals surface area contributed by atoms with E-state index in [1.165, 1.54) is 21.4 Å². The third-order valence-corrected chi connectivity index (χ3v) is 4.10. The maximum absolute atomic E-state index is 5.85. The standard InChI is InChI=1S/C16H15NOS/c1-10-4-7-14-15(8-10)19-16(17-14)18-13-6-5-11(2)12(3)9-13/h4-9H,1-3H3. The van der Waals surface area contributed by atoms with Gasteiger partial charge in [0.1, 0.15) is 5.75 Å². The molecule has 0 saturated carbocycles. The fourth-order valence-electron chi connectivity index (χ4n) is 1.93. The van der Waals surface area contributed by atoms with Crippen molar-refractivity contribution in [2.24, 2.45) is 0 Å². The van der Waals surface area contributed by atoms with Crippen LogP contribution in [0.2, 0.25) is 0 Å². The van der Waals surface area contributed by atoms with Crippen molar-refractivity contribution in [3.05, 3.63) is 53.1 Å². The molecule has 2 nitrogen and oxygen atoms in total. The molecule has 96 valence electrons. The molecule has 19 heavy (non-hydrogen) atoms. The third-order valence-electron chi connectivity index (χ3n) is 3.21. The fraction of sp³-hybridized carbons (Fsp3) is 0.188. The first-order chi connectivity index (χ1) is 9.11. The molecule has 0 bridgehead atoms. The molecule has 0 fully saturated rings. The van der Waals surface area contributed by atoms with E-state index in [9.17, 15) is 0 Å². The van der Waals surface area contributed by atoms with E-state index >= 15 is 0 Å². The number of nitrogens with zero attached hydrogens (tertiary/aromatic N) is 1. The lowest BCUT2D eigenvalue weighted by Crippen LogP contribution is -1.86. The molecule has 3 rings (SSSR count). The van der Waals surface area contributed by atoms with Gasteiger partial charge in [-0.2, -0.15) is 0 Å². The van der Waals surface area contributed by atoms with Crippen molar-refractivity contribution in [3.8, 4) is 10.9 Å². The molecular formula is C16H15NOS. The lowest BCUT2D eigenvalue weighted by molar-refractivity contribution is 0.479. The minimum Gasteiger partial charge on any atom is -0.431 e.